The number of fused-ring (bicyclic) bond motifs is 1. The summed E-state index contributed by atoms with van der Waals surface area (Å²) in [6.45, 7) is 6.15. The van der Waals surface area contributed by atoms with Crippen LogP contribution in [0.3, 0.4) is 0 Å². The van der Waals surface area contributed by atoms with E-state index in [0.29, 0.717) is 0 Å². The van der Waals surface area contributed by atoms with Crippen molar-refractivity contribution >= 4 is 11.6 Å². The Morgan fingerprint density at radius 2 is 1.94 bits per heavy atom. The van der Waals surface area contributed by atoms with E-state index in [0.717, 1.165) is 11.3 Å². The predicted octanol–water partition coefficient (Wildman–Crippen LogP) is 4.49. The first-order valence-electron chi connectivity index (χ1n) is 5.77. The molecule has 2 aromatic rings. The molecular weight excluding hydrogens is 208 g/mol. The molecule has 17 heavy (non-hydrogen) atoms. The van der Waals surface area contributed by atoms with Gasteiger partial charge in [0.05, 0.1) is 12.2 Å². The number of allylic oxidation sites excluding steroid dienone is 2. The van der Waals surface area contributed by atoms with Crippen molar-refractivity contribution in [2.45, 2.75) is 12.8 Å². The van der Waals surface area contributed by atoms with Crippen LogP contribution in [0.25, 0.3) is 11.6 Å². The van der Waals surface area contributed by atoms with Crippen LogP contribution in [0, 0.1) is 0 Å². The minimum atomic E-state index is 0.197. The lowest BCUT2D eigenvalue weighted by molar-refractivity contribution is 0.510. The molecular formula is C16H14O. The molecule has 0 aliphatic heterocycles. The van der Waals surface area contributed by atoms with Gasteiger partial charge >= 0.3 is 0 Å². The number of hydrogen-bond acceptors (Lipinski definition) is 1. The Morgan fingerprint density at radius 1 is 1.18 bits per heavy atom. The van der Waals surface area contributed by atoms with Gasteiger partial charge in [0.15, 0.2) is 0 Å². The van der Waals surface area contributed by atoms with Crippen LogP contribution in [-0.4, -0.2) is 0 Å². The van der Waals surface area contributed by atoms with E-state index >= 15 is 0 Å². The van der Waals surface area contributed by atoms with Gasteiger partial charge in [-0.25, -0.2) is 0 Å². The smallest absolute Gasteiger partial charge is 0.122 e. The van der Waals surface area contributed by atoms with Gasteiger partial charge in [-0.15, -0.1) is 0 Å². The van der Waals surface area contributed by atoms with Gasteiger partial charge < -0.3 is 4.42 Å². The lowest BCUT2D eigenvalue weighted by atomic mass is 9.90. The van der Waals surface area contributed by atoms with Gasteiger partial charge in [-0.1, -0.05) is 42.5 Å². The summed E-state index contributed by atoms with van der Waals surface area (Å²) in [6, 6.07) is 12.4. The van der Waals surface area contributed by atoms with Crippen molar-refractivity contribution in [1.29, 1.82) is 0 Å². The van der Waals surface area contributed by atoms with Crippen molar-refractivity contribution in [3.63, 3.8) is 0 Å². The van der Waals surface area contributed by atoms with Crippen LogP contribution in [0.5, 0.6) is 0 Å². The molecule has 1 atom stereocenters. The molecule has 1 aromatic carbocycles. The van der Waals surface area contributed by atoms with E-state index in [1.807, 2.05) is 12.1 Å². The largest absolute Gasteiger partial charge is 0.468 e. The fourth-order valence-electron chi connectivity index (χ4n) is 2.45. The maximum absolute atomic E-state index is 5.59. The lowest BCUT2D eigenvalue weighted by Gasteiger charge is -2.14. The molecule has 1 aromatic heterocycles. The van der Waals surface area contributed by atoms with Crippen LogP contribution >= 0.6 is 0 Å². The summed E-state index contributed by atoms with van der Waals surface area (Å²) >= 11 is 0. The summed E-state index contributed by atoms with van der Waals surface area (Å²) in [6.07, 6.45) is 3.95. The Bertz CT molecular complexity index is 587. The zero-order valence-corrected chi connectivity index (χ0v) is 9.81. The molecule has 0 spiro atoms. The highest BCUT2D eigenvalue weighted by Gasteiger charge is 2.29. The van der Waals surface area contributed by atoms with E-state index in [9.17, 15) is 0 Å². The highest BCUT2D eigenvalue weighted by atomic mass is 16.3. The first kappa shape index (κ1) is 10.2. The van der Waals surface area contributed by atoms with Crippen molar-refractivity contribution in [3.05, 3.63) is 71.7 Å². The molecule has 1 heterocycles. The van der Waals surface area contributed by atoms with Gasteiger partial charge in [-0.05, 0) is 30.2 Å². The Morgan fingerprint density at radius 3 is 2.65 bits per heavy atom. The average Bonchev–Trinajstić information content (AvgIpc) is 2.88. The van der Waals surface area contributed by atoms with E-state index in [1.165, 1.54) is 16.7 Å². The molecule has 0 radical (unpaired) electrons. The number of rotatable bonds is 2. The average molecular weight is 222 g/mol. The normalized spacial score (nSPS) is 17.7. The Labute approximate surface area is 101 Å². The molecule has 1 nitrogen and oxygen atoms in total. The minimum Gasteiger partial charge on any atom is -0.468 e. The van der Waals surface area contributed by atoms with Crippen LogP contribution in [-0.2, 0) is 0 Å². The molecule has 0 saturated carbocycles. The molecule has 0 bridgehead atoms. The standard InChI is InChI=1S/C16H14O/c1-11(2)15-14(12-6-4-3-5-7-12)10-13-8-9-17-16(13)15/h3-10,15H,1H2,2H3. The van der Waals surface area contributed by atoms with E-state index in [1.54, 1.807) is 6.26 Å². The van der Waals surface area contributed by atoms with Gasteiger partial charge in [-0.2, -0.15) is 0 Å². The summed E-state index contributed by atoms with van der Waals surface area (Å²) in [5.41, 5.74) is 4.82. The Balaban J connectivity index is 2.13. The third-order valence-corrected chi connectivity index (χ3v) is 3.21. The SMILES string of the molecule is C=C(C)C1C(c2ccccc2)=Cc2ccoc21. The number of hydrogen-bond donors (Lipinski definition) is 0. The molecule has 1 unspecified atom stereocenters. The third-order valence-electron chi connectivity index (χ3n) is 3.21. The Hall–Kier alpha value is -2.02. The highest BCUT2D eigenvalue weighted by Crippen LogP contribution is 2.45. The molecule has 0 amide bonds. The number of furan rings is 1. The van der Waals surface area contributed by atoms with Gasteiger partial charge in [0, 0.05) is 5.56 Å². The topological polar surface area (TPSA) is 13.1 Å². The lowest BCUT2D eigenvalue weighted by Crippen LogP contribution is -1.98. The number of benzene rings is 1. The van der Waals surface area contributed by atoms with Crippen LogP contribution in [0.4, 0.5) is 0 Å². The second kappa shape index (κ2) is 3.77. The fraction of sp³-hybridized carbons (Fsp3) is 0.125. The van der Waals surface area contributed by atoms with Gasteiger partial charge in [-0.3, -0.25) is 0 Å². The molecule has 0 N–H and O–H groups in total. The summed E-state index contributed by atoms with van der Waals surface area (Å²) < 4.78 is 5.59. The van der Waals surface area contributed by atoms with E-state index < -0.39 is 0 Å². The summed E-state index contributed by atoms with van der Waals surface area (Å²) in [7, 11) is 0. The summed E-state index contributed by atoms with van der Waals surface area (Å²) in [5, 5.41) is 0. The first-order chi connectivity index (χ1) is 8.27. The molecule has 3 rings (SSSR count). The molecule has 84 valence electrons. The van der Waals surface area contributed by atoms with Crippen molar-refractivity contribution in [2.75, 3.05) is 0 Å². The van der Waals surface area contributed by atoms with Crippen LogP contribution in [0.2, 0.25) is 0 Å². The zero-order chi connectivity index (χ0) is 11.8. The van der Waals surface area contributed by atoms with Crippen molar-refractivity contribution in [1.82, 2.24) is 0 Å². The molecule has 1 heteroatoms. The fourth-order valence-corrected chi connectivity index (χ4v) is 2.45. The summed E-state index contributed by atoms with van der Waals surface area (Å²) in [4.78, 5) is 0. The van der Waals surface area contributed by atoms with E-state index in [-0.39, 0.29) is 5.92 Å². The monoisotopic (exact) mass is 222 g/mol. The third kappa shape index (κ3) is 1.55. The minimum absolute atomic E-state index is 0.197. The van der Waals surface area contributed by atoms with Crippen LogP contribution < -0.4 is 0 Å². The second-order valence-corrected chi connectivity index (χ2v) is 4.49. The maximum atomic E-state index is 5.59. The van der Waals surface area contributed by atoms with Crippen molar-refractivity contribution in [3.8, 4) is 0 Å². The maximum Gasteiger partial charge on any atom is 0.122 e. The van der Waals surface area contributed by atoms with E-state index in [4.69, 9.17) is 4.42 Å². The van der Waals surface area contributed by atoms with Crippen molar-refractivity contribution < 1.29 is 4.42 Å². The first-order valence-corrected chi connectivity index (χ1v) is 5.77. The zero-order valence-electron chi connectivity index (χ0n) is 9.81. The Kier molecular flexibility index (Phi) is 2.25. The molecule has 1 aliphatic rings. The van der Waals surface area contributed by atoms with Crippen LogP contribution in [0.15, 0.2) is 59.2 Å². The van der Waals surface area contributed by atoms with E-state index in [2.05, 4.69) is 43.8 Å². The molecule has 1 aliphatic carbocycles. The summed E-state index contributed by atoms with van der Waals surface area (Å²) in [5.74, 6) is 1.22. The van der Waals surface area contributed by atoms with Gasteiger partial charge in [0.1, 0.15) is 5.76 Å². The van der Waals surface area contributed by atoms with Gasteiger partial charge in [0.25, 0.3) is 0 Å². The highest BCUT2D eigenvalue weighted by molar-refractivity contribution is 5.92. The molecule has 0 saturated heterocycles. The predicted molar refractivity (Wildman–Crippen MR) is 70.6 cm³/mol. The molecule has 0 fully saturated rings. The quantitative estimate of drug-likeness (QED) is 0.682. The van der Waals surface area contributed by atoms with Crippen molar-refractivity contribution in [2.24, 2.45) is 0 Å². The van der Waals surface area contributed by atoms with Crippen LogP contribution in [0.1, 0.15) is 29.7 Å². The van der Waals surface area contributed by atoms with Gasteiger partial charge in [0.2, 0.25) is 0 Å². The second-order valence-electron chi connectivity index (χ2n) is 4.49.